The maximum absolute atomic E-state index is 5.24. The summed E-state index contributed by atoms with van der Waals surface area (Å²) in [6.07, 6.45) is 0. The number of aromatic nitrogens is 1. The fourth-order valence-corrected chi connectivity index (χ4v) is 2.47. The van der Waals surface area contributed by atoms with Crippen LogP contribution in [0.4, 0.5) is 0 Å². The third-order valence-corrected chi connectivity index (χ3v) is 3.43. The first-order valence-corrected chi connectivity index (χ1v) is 6.21. The van der Waals surface area contributed by atoms with E-state index in [0.29, 0.717) is 6.61 Å². The minimum absolute atomic E-state index is 0.561. The van der Waals surface area contributed by atoms with Crippen molar-refractivity contribution in [1.82, 2.24) is 4.98 Å². The zero-order chi connectivity index (χ0) is 12.3. The molecular weight excluding hydrogens is 234 g/mol. The molecular formula is C13H15NO2S. The van der Waals surface area contributed by atoms with Crippen molar-refractivity contribution in [1.29, 1.82) is 0 Å². The van der Waals surface area contributed by atoms with Crippen LogP contribution in [-0.4, -0.2) is 19.2 Å². The number of ether oxygens (including phenoxy) is 2. The van der Waals surface area contributed by atoms with Crippen LogP contribution in [-0.2, 0) is 11.3 Å². The topological polar surface area (TPSA) is 31.4 Å². The molecule has 0 aliphatic carbocycles. The Morgan fingerprint density at radius 1 is 1.29 bits per heavy atom. The molecule has 0 radical (unpaired) electrons. The van der Waals surface area contributed by atoms with Gasteiger partial charge in [-0.3, -0.25) is 0 Å². The molecule has 17 heavy (non-hydrogen) atoms. The van der Waals surface area contributed by atoms with Crippen molar-refractivity contribution >= 4 is 11.3 Å². The standard InChI is InChI=1S/C13H15NO2S/c1-9-6-10(4-5-12(9)16-3)13-14-11(7-15-2)8-17-13/h4-6,8H,7H2,1-3H3. The average Bonchev–Trinajstić information content (AvgIpc) is 2.78. The fraction of sp³-hybridized carbons (Fsp3) is 0.308. The highest BCUT2D eigenvalue weighted by Crippen LogP contribution is 2.28. The molecule has 0 bridgehead atoms. The molecule has 0 saturated carbocycles. The zero-order valence-electron chi connectivity index (χ0n) is 10.2. The number of thiazole rings is 1. The van der Waals surface area contributed by atoms with E-state index in [9.17, 15) is 0 Å². The normalized spacial score (nSPS) is 10.5. The third-order valence-electron chi connectivity index (χ3n) is 2.49. The van der Waals surface area contributed by atoms with Crippen LogP contribution in [0.5, 0.6) is 5.75 Å². The fourth-order valence-electron chi connectivity index (χ4n) is 1.67. The molecule has 2 rings (SSSR count). The van der Waals surface area contributed by atoms with Gasteiger partial charge in [-0.1, -0.05) is 0 Å². The molecule has 4 heteroatoms. The molecule has 2 aromatic rings. The molecule has 1 heterocycles. The van der Waals surface area contributed by atoms with Crippen molar-refractivity contribution in [2.45, 2.75) is 13.5 Å². The van der Waals surface area contributed by atoms with Crippen LogP contribution >= 0.6 is 11.3 Å². The quantitative estimate of drug-likeness (QED) is 0.833. The summed E-state index contributed by atoms with van der Waals surface area (Å²) in [6.45, 7) is 2.59. The van der Waals surface area contributed by atoms with Crippen LogP contribution < -0.4 is 4.74 Å². The van der Waals surface area contributed by atoms with Gasteiger partial charge in [-0.15, -0.1) is 11.3 Å². The zero-order valence-corrected chi connectivity index (χ0v) is 11.0. The van der Waals surface area contributed by atoms with Crippen LogP contribution in [0.3, 0.4) is 0 Å². The minimum atomic E-state index is 0.561. The number of methoxy groups -OCH3 is 2. The monoisotopic (exact) mass is 249 g/mol. The van der Waals surface area contributed by atoms with Gasteiger partial charge in [0.25, 0.3) is 0 Å². The molecule has 0 N–H and O–H groups in total. The van der Waals surface area contributed by atoms with Crippen molar-refractivity contribution < 1.29 is 9.47 Å². The lowest BCUT2D eigenvalue weighted by molar-refractivity contribution is 0.182. The molecule has 3 nitrogen and oxygen atoms in total. The SMILES string of the molecule is COCc1csc(-c2ccc(OC)c(C)c2)n1. The number of nitrogens with zero attached hydrogens (tertiary/aromatic N) is 1. The summed E-state index contributed by atoms with van der Waals surface area (Å²) in [5.41, 5.74) is 3.21. The van der Waals surface area contributed by atoms with Crippen molar-refractivity contribution in [3.63, 3.8) is 0 Å². The largest absolute Gasteiger partial charge is 0.496 e. The number of aryl methyl sites for hydroxylation is 1. The molecule has 0 aliphatic heterocycles. The molecule has 90 valence electrons. The molecule has 0 fully saturated rings. The van der Waals surface area contributed by atoms with E-state index in [2.05, 4.69) is 11.1 Å². The van der Waals surface area contributed by atoms with E-state index < -0.39 is 0 Å². The highest BCUT2D eigenvalue weighted by molar-refractivity contribution is 7.13. The Balaban J connectivity index is 2.29. The predicted molar refractivity (Wildman–Crippen MR) is 69.6 cm³/mol. The Hall–Kier alpha value is -1.39. The highest BCUT2D eigenvalue weighted by atomic mass is 32.1. The van der Waals surface area contributed by atoms with Gasteiger partial charge in [0.15, 0.2) is 0 Å². The van der Waals surface area contributed by atoms with Crippen LogP contribution in [0.25, 0.3) is 10.6 Å². The second-order valence-corrected chi connectivity index (χ2v) is 4.62. The van der Waals surface area contributed by atoms with Crippen LogP contribution in [0.15, 0.2) is 23.6 Å². The van der Waals surface area contributed by atoms with Crippen molar-refractivity contribution in [3.05, 3.63) is 34.8 Å². The van der Waals surface area contributed by atoms with E-state index in [4.69, 9.17) is 9.47 Å². The number of hydrogen-bond donors (Lipinski definition) is 0. The van der Waals surface area contributed by atoms with Crippen LogP contribution in [0.2, 0.25) is 0 Å². The van der Waals surface area contributed by atoms with E-state index in [0.717, 1.165) is 27.6 Å². The first-order valence-electron chi connectivity index (χ1n) is 5.33. The van der Waals surface area contributed by atoms with E-state index in [1.54, 1.807) is 25.6 Å². The Labute approximate surface area is 105 Å². The smallest absolute Gasteiger partial charge is 0.123 e. The second kappa shape index (κ2) is 5.29. The maximum atomic E-state index is 5.24. The van der Waals surface area contributed by atoms with Crippen LogP contribution in [0.1, 0.15) is 11.3 Å². The average molecular weight is 249 g/mol. The van der Waals surface area contributed by atoms with Gasteiger partial charge in [0.05, 0.1) is 19.4 Å². The maximum Gasteiger partial charge on any atom is 0.123 e. The van der Waals surface area contributed by atoms with Gasteiger partial charge in [-0.2, -0.15) is 0 Å². The van der Waals surface area contributed by atoms with Gasteiger partial charge in [-0.25, -0.2) is 4.98 Å². The number of rotatable bonds is 4. The second-order valence-electron chi connectivity index (χ2n) is 3.76. The van der Waals surface area contributed by atoms with Crippen molar-refractivity contribution in [2.75, 3.05) is 14.2 Å². The van der Waals surface area contributed by atoms with Gasteiger partial charge in [0.2, 0.25) is 0 Å². The van der Waals surface area contributed by atoms with Crippen molar-refractivity contribution in [2.24, 2.45) is 0 Å². The van der Waals surface area contributed by atoms with E-state index in [1.165, 1.54) is 0 Å². The lowest BCUT2D eigenvalue weighted by atomic mass is 10.1. The minimum Gasteiger partial charge on any atom is -0.496 e. The Kier molecular flexibility index (Phi) is 3.76. The summed E-state index contributed by atoms with van der Waals surface area (Å²) >= 11 is 1.63. The molecule has 0 aliphatic rings. The first-order chi connectivity index (χ1) is 8.24. The first kappa shape index (κ1) is 12.1. The predicted octanol–water partition coefficient (Wildman–Crippen LogP) is 3.27. The summed E-state index contributed by atoms with van der Waals surface area (Å²) in [7, 11) is 3.36. The molecule has 0 saturated heterocycles. The summed E-state index contributed by atoms with van der Waals surface area (Å²) in [5.74, 6) is 0.905. The summed E-state index contributed by atoms with van der Waals surface area (Å²) in [4.78, 5) is 4.52. The lowest BCUT2D eigenvalue weighted by Crippen LogP contribution is -1.89. The number of benzene rings is 1. The van der Waals surface area contributed by atoms with Gasteiger partial charge in [-0.05, 0) is 30.7 Å². The molecule has 0 amide bonds. The molecule has 0 atom stereocenters. The van der Waals surface area contributed by atoms with Gasteiger partial charge >= 0.3 is 0 Å². The van der Waals surface area contributed by atoms with Crippen LogP contribution in [0, 0.1) is 6.92 Å². The molecule has 0 spiro atoms. The highest BCUT2D eigenvalue weighted by Gasteiger charge is 2.06. The Bertz CT molecular complexity index is 508. The summed E-state index contributed by atoms with van der Waals surface area (Å²) in [6, 6.07) is 6.09. The van der Waals surface area contributed by atoms with Gasteiger partial charge < -0.3 is 9.47 Å². The lowest BCUT2D eigenvalue weighted by Gasteiger charge is -2.05. The molecule has 1 aromatic carbocycles. The Morgan fingerprint density at radius 2 is 2.12 bits per heavy atom. The summed E-state index contributed by atoms with van der Waals surface area (Å²) in [5, 5.41) is 3.04. The van der Waals surface area contributed by atoms with E-state index >= 15 is 0 Å². The Morgan fingerprint density at radius 3 is 2.76 bits per heavy atom. The van der Waals surface area contributed by atoms with Gasteiger partial charge in [0, 0.05) is 18.1 Å². The third kappa shape index (κ3) is 2.65. The molecule has 0 unspecified atom stereocenters. The van der Waals surface area contributed by atoms with Crippen molar-refractivity contribution in [3.8, 4) is 16.3 Å². The number of hydrogen-bond acceptors (Lipinski definition) is 4. The van der Waals surface area contributed by atoms with E-state index in [1.807, 2.05) is 24.4 Å². The van der Waals surface area contributed by atoms with Gasteiger partial charge in [0.1, 0.15) is 10.8 Å². The van der Waals surface area contributed by atoms with E-state index in [-0.39, 0.29) is 0 Å². The summed E-state index contributed by atoms with van der Waals surface area (Å²) < 4.78 is 10.3. The molecule has 1 aromatic heterocycles.